The van der Waals surface area contributed by atoms with Gasteiger partial charge in [0.05, 0.1) is 0 Å². The van der Waals surface area contributed by atoms with Crippen molar-refractivity contribution in [3.8, 4) is 0 Å². The molecule has 3 rings (SSSR count). The molecule has 0 bridgehead atoms. The molecule has 2 saturated heterocycles. The normalized spacial score (nSPS) is 30.7. The zero-order chi connectivity index (χ0) is 12.5. The van der Waals surface area contributed by atoms with Crippen LogP contribution in [0.1, 0.15) is 30.0 Å². The van der Waals surface area contributed by atoms with E-state index < -0.39 is 0 Å². The Hall–Kier alpha value is -0.650. The summed E-state index contributed by atoms with van der Waals surface area (Å²) in [5.74, 6) is 0. The van der Waals surface area contributed by atoms with Gasteiger partial charge in [0, 0.05) is 31.7 Å². The van der Waals surface area contributed by atoms with Gasteiger partial charge in [-0.3, -0.25) is 4.90 Å². The average Bonchev–Trinajstić information content (AvgIpc) is 2.81. The summed E-state index contributed by atoms with van der Waals surface area (Å²) in [6.45, 7) is 2.44. The summed E-state index contributed by atoms with van der Waals surface area (Å²) in [5.41, 5.74) is 8.33. The molecule has 0 aromatic heterocycles. The van der Waals surface area contributed by atoms with Gasteiger partial charge in [-0.25, -0.2) is 0 Å². The van der Waals surface area contributed by atoms with Gasteiger partial charge in [0.25, 0.3) is 0 Å². The number of piperazine rings is 1. The van der Waals surface area contributed by atoms with Crippen molar-refractivity contribution >= 4 is 12.4 Å². The molecule has 2 aliphatic heterocycles. The van der Waals surface area contributed by atoms with Gasteiger partial charge < -0.3 is 16.2 Å². The zero-order valence-corrected chi connectivity index (χ0v) is 11.8. The van der Waals surface area contributed by atoms with E-state index in [1.807, 2.05) is 6.07 Å². The number of hydrogen-bond acceptors (Lipinski definition) is 4. The first-order valence-electron chi connectivity index (χ1n) is 6.76. The Balaban J connectivity index is 0.00000133. The second kappa shape index (κ2) is 6.20. The highest BCUT2D eigenvalue weighted by Crippen LogP contribution is 2.35. The molecule has 1 aromatic rings. The quantitative estimate of drug-likeness (QED) is 0.758. The van der Waals surface area contributed by atoms with Crippen LogP contribution in [0.3, 0.4) is 0 Å². The van der Waals surface area contributed by atoms with E-state index >= 15 is 0 Å². The van der Waals surface area contributed by atoms with Crippen LogP contribution in [0.4, 0.5) is 0 Å². The second-order valence-corrected chi connectivity index (χ2v) is 5.20. The van der Waals surface area contributed by atoms with Crippen molar-refractivity contribution < 1.29 is 5.11 Å². The number of nitrogens with two attached hydrogens (primary N) is 1. The first kappa shape index (κ1) is 14.8. The lowest BCUT2D eigenvalue weighted by Gasteiger charge is -2.39. The van der Waals surface area contributed by atoms with Crippen molar-refractivity contribution in [2.45, 2.75) is 37.7 Å². The van der Waals surface area contributed by atoms with Crippen LogP contribution in [0.2, 0.25) is 0 Å². The van der Waals surface area contributed by atoms with E-state index in [-0.39, 0.29) is 18.6 Å². The van der Waals surface area contributed by atoms with Crippen LogP contribution in [0.25, 0.3) is 0 Å². The Labute approximate surface area is 120 Å². The predicted octanol–water partition coefficient (Wildman–Crippen LogP) is 0.994. The van der Waals surface area contributed by atoms with Crippen molar-refractivity contribution in [3.05, 3.63) is 35.4 Å². The van der Waals surface area contributed by atoms with Crippen LogP contribution in [-0.2, 0) is 6.54 Å². The maximum Gasteiger partial charge on any atom is 0.107 e. The summed E-state index contributed by atoms with van der Waals surface area (Å²) < 4.78 is 0. The molecule has 2 aliphatic rings. The lowest BCUT2D eigenvalue weighted by Crippen LogP contribution is -2.52. The molecule has 0 saturated carbocycles. The maximum atomic E-state index is 9.99. The molecule has 19 heavy (non-hydrogen) atoms. The fourth-order valence-electron chi connectivity index (χ4n) is 3.37. The number of aliphatic hydroxyl groups is 1. The van der Waals surface area contributed by atoms with E-state index in [4.69, 9.17) is 5.73 Å². The number of benzene rings is 1. The average molecular weight is 284 g/mol. The Morgan fingerprint density at radius 3 is 2.89 bits per heavy atom. The molecule has 3 atom stereocenters. The fraction of sp³-hybridized carbons (Fsp3) is 0.571. The molecule has 0 aliphatic carbocycles. The number of nitrogens with zero attached hydrogens (tertiary/aromatic N) is 1. The lowest BCUT2D eigenvalue weighted by molar-refractivity contribution is -0.00455. The maximum absolute atomic E-state index is 9.99. The molecular formula is C14H22ClN3O. The first-order chi connectivity index (χ1) is 8.81. The van der Waals surface area contributed by atoms with Crippen LogP contribution >= 0.6 is 12.4 Å². The van der Waals surface area contributed by atoms with Crippen molar-refractivity contribution in [1.82, 2.24) is 10.2 Å². The second-order valence-electron chi connectivity index (χ2n) is 5.20. The van der Waals surface area contributed by atoms with Crippen molar-refractivity contribution in [2.75, 3.05) is 13.1 Å². The summed E-state index contributed by atoms with van der Waals surface area (Å²) in [5, 5.41) is 13.6. The van der Waals surface area contributed by atoms with Crippen molar-refractivity contribution in [3.63, 3.8) is 0 Å². The zero-order valence-electron chi connectivity index (χ0n) is 11.0. The summed E-state index contributed by atoms with van der Waals surface area (Å²) in [4.78, 5) is 2.23. The largest absolute Gasteiger partial charge is 0.378 e. The van der Waals surface area contributed by atoms with Gasteiger partial charge in [-0.1, -0.05) is 24.3 Å². The predicted molar refractivity (Wildman–Crippen MR) is 78.1 cm³/mol. The molecule has 1 aromatic carbocycles. The SMILES string of the molecule is Cl.NCc1ccccc1C1NCCN2C(O)CCC12. The number of halogens is 1. The minimum atomic E-state index is -0.260. The number of fused-ring (bicyclic) bond motifs is 1. The minimum absolute atomic E-state index is 0. The summed E-state index contributed by atoms with van der Waals surface area (Å²) in [6, 6.07) is 9.07. The van der Waals surface area contributed by atoms with Crippen LogP contribution in [0, 0.1) is 0 Å². The van der Waals surface area contributed by atoms with E-state index in [1.54, 1.807) is 0 Å². The molecule has 4 N–H and O–H groups in total. The number of hydrogen-bond donors (Lipinski definition) is 3. The van der Waals surface area contributed by atoms with Gasteiger partial charge in [-0.2, -0.15) is 0 Å². The minimum Gasteiger partial charge on any atom is -0.378 e. The molecule has 0 amide bonds. The Morgan fingerprint density at radius 1 is 1.32 bits per heavy atom. The molecule has 5 heteroatoms. The summed E-state index contributed by atoms with van der Waals surface area (Å²) in [6.07, 6.45) is 1.68. The smallest absolute Gasteiger partial charge is 0.107 e. The van der Waals surface area contributed by atoms with Gasteiger partial charge in [-0.15, -0.1) is 12.4 Å². The number of rotatable bonds is 2. The summed E-state index contributed by atoms with van der Waals surface area (Å²) in [7, 11) is 0. The topological polar surface area (TPSA) is 61.5 Å². The van der Waals surface area contributed by atoms with E-state index in [0.29, 0.717) is 18.6 Å². The third-order valence-electron chi connectivity index (χ3n) is 4.26. The third kappa shape index (κ3) is 2.64. The fourth-order valence-corrected chi connectivity index (χ4v) is 3.37. The van der Waals surface area contributed by atoms with Gasteiger partial charge in [0.2, 0.25) is 0 Å². The van der Waals surface area contributed by atoms with Crippen molar-refractivity contribution in [2.24, 2.45) is 5.73 Å². The molecule has 106 valence electrons. The van der Waals surface area contributed by atoms with Gasteiger partial charge in [-0.05, 0) is 24.0 Å². The monoisotopic (exact) mass is 283 g/mol. The Morgan fingerprint density at radius 2 is 2.11 bits per heavy atom. The van der Waals surface area contributed by atoms with E-state index in [9.17, 15) is 5.11 Å². The standard InChI is InChI=1S/C14H21N3O.ClH/c15-9-10-3-1-2-4-11(10)14-12-5-6-13(18)17(12)8-7-16-14;/h1-4,12-14,16,18H,5-9,15H2;1H. The number of nitrogens with one attached hydrogen (secondary N) is 1. The molecule has 0 spiro atoms. The van der Waals surface area contributed by atoms with Crippen LogP contribution in [0.5, 0.6) is 0 Å². The van der Waals surface area contributed by atoms with Gasteiger partial charge in [0.1, 0.15) is 6.23 Å². The summed E-state index contributed by atoms with van der Waals surface area (Å²) >= 11 is 0. The highest BCUT2D eigenvalue weighted by atomic mass is 35.5. The molecule has 4 nitrogen and oxygen atoms in total. The lowest BCUT2D eigenvalue weighted by atomic mass is 9.92. The third-order valence-corrected chi connectivity index (χ3v) is 4.26. The van der Waals surface area contributed by atoms with Gasteiger partial charge >= 0.3 is 0 Å². The molecule has 2 fully saturated rings. The van der Waals surface area contributed by atoms with Gasteiger partial charge in [0.15, 0.2) is 0 Å². The van der Waals surface area contributed by atoms with Crippen LogP contribution in [0.15, 0.2) is 24.3 Å². The number of aliphatic hydroxyl groups excluding tert-OH is 1. The van der Waals surface area contributed by atoms with Crippen LogP contribution in [-0.4, -0.2) is 35.4 Å². The molecule has 2 heterocycles. The highest BCUT2D eigenvalue weighted by molar-refractivity contribution is 5.85. The van der Waals surface area contributed by atoms with E-state index in [1.165, 1.54) is 11.1 Å². The van der Waals surface area contributed by atoms with Crippen LogP contribution < -0.4 is 11.1 Å². The van der Waals surface area contributed by atoms with E-state index in [0.717, 1.165) is 25.9 Å². The van der Waals surface area contributed by atoms with E-state index in [2.05, 4.69) is 28.4 Å². The Kier molecular flexibility index (Phi) is 4.81. The molecule has 0 radical (unpaired) electrons. The highest BCUT2D eigenvalue weighted by Gasteiger charge is 2.40. The van der Waals surface area contributed by atoms with Crippen molar-refractivity contribution in [1.29, 1.82) is 0 Å². The molecular weight excluding hydrogens is 262 g/mol. The molecule has 3 unspecified atom stereocenters. The Bertz CT molecular complexity index is 429. The first-order valence-corrected chi connectivity index (χ1v) is 6.76.